The first-order valence-corrected chi connectivity index (χ1v) is 5.79. The number of rotatable bonds is 1. The van der Waals surface area contributed by atoms with E-state index in [0.717, 1.165) is 29.6 Å². The van der Waals surface area contributed by atoms with E-state index in [0.29, 0.717) is 0 Å². The quantitative estimate of drug-likeness (QED) is 0.646. The number of nitrogen functional groups attached to an aromatic ring is 1. The van der Waals surface area contributed by atoms with Gasteiger partial charge in [-0.05, 0) is 36.1 Å². The molecule has 2 aromatic rings. The van der Waals surface area contributed by atoms with Crippen molar-refractivity contribution in [3.63, 3.8) is 0 Å². The zero-order valence-corrected chi connectivity index (χ0v) is 9.71. The van der Waals surface area contributed by atoms with Gasteiger partial charge >= 0.3 is 0 Å². The van der Waals surface area contributed by atoms with Crippen LogP contribution in [0.1, 0.15) is 18.1 Å². The standard InChI is InChI=1S/C13H15N3O/c1-7(17)16-9-4-8-6-15-12-3-2-11(14)10(5-9)13(8)12/h2-3,6,9,15H,4-5,14H2,1H3,(H,16,17). The average Bonchev–Trinajstić information content (AvgIpc) is 2.67. The van der Waals surface area contributed by atoms with Crippen LogP contribution in [0.4, 0.5) is 5.69 Å². The van der Waals surface area contributed by atoms with Gasteiger partial charge in [-0.3, -0.25) is 4.79 Å². The van der Waals surface area contributed by atoms with Gasteiger partial charge in [-0.2, -0.15) is 0 Å². The Hall–Kier alpha value is -1.97. The van der Waals surface area contributed by atoms with Crippen LogP contribution in [0.25, 0.3) is 10.9 Å². The number of nitrogens with two attached hydrogens (primary N) is 1. The molecule has 1 unspecified atom stereocenters. The van der Waals surface area contributed by atoms with Crippen LogP contribution in [0.5, 0.6) is 0 Å². The molecule has 0 fully saturated rings. The number of hydrogen-bond donors (Lipinski definition) is 3. The fourth-order valence-corrected chi connectivity index (χ4v) is 2.74. The smallest absolute Gasteiger partial charge is 0.217 e. The number of amides is 1. The van der Waals surface area contributed by atoms with Gasteiger partial charge in [-0.25, -0.2) is 0 Å². The summed E-state index contributed by atoms with van der Waals surface area (Å²) in [7, 11) is 0. The molecule has 88 valence electrons. The number of carbonyl (C=O) groups is 1. The summed E-state index contributed by atoms with van der Waals surface area (Å²) in [6, 6.07) is 4.09. The predicted octanol–water partition coefficient (Wildman–Crippen LogP) is 1.35. The second-order valence-corrected chi connectivity index (χ2v) is 4.68. The van der Waals surface area contributed by atoms with Gasteiger partial charge in [0.05, 0.1) is 0 Å². The van der Waals surface area contributed by atoms with Crippen molar-refractivity contribution in [1.82, 2.24) is 10.3 Å². The first-order chi connectivity index (χ1) is 8.15. The Balaban J connectivity index is 2.09. The molecule has 1 aliphatic carbocycles. The summed E-state index contributed by atoms with van der Waals surface area (Å²) in [5.74, 6) is 0.0136. The molecular weight excluding hydrogens is 214 g/mol. The van der Waals surface area contributed by atoms with E-state index in [1.807, 2.05) is 18.3 Å². The number of anilines is 1. The number of carbonyl (C=O) groups excluding carboxylic acids is 1. The van der Waals surface area contributed by atoms with E-state index in [2.05, 4.69) is 10.3 Å². The van der Waals surface area contributed by atoms with Crippen molar-refractivity contribution >= 4 is 22.5 Å². The topological polar surface area (TPSA) is 70.9 Å². The number of H-pyrrole nitrogens is 1. The summed E-state index contributed by atoms with van der Waals surface area (Å²) in [5, 5.41) is 4.22. The van der Waals surface area contributed by atoms with Crippen LogP contribution >= 0.6 is 0 Å². The zero-order valence-electron chi connectivity index (χ0n) is 9.71. The van der Waals surface area contributed by atoms with E-state index < -0.39 is 0 Å². The summed E-state index contributed by atoms with van der Waals surface area (Å²) < 4.78 is 0. The van der Waals surface area contributed by atoms with E-state index in [-0.39, 0.29) is 11.9 Å². The highest BCUT2D eigenvalue weighted by Crippen LogP contribution is 2.33. The SMILES string of the molecule is CC(=O)NC1Cc2c[nH]c3ccc(N)c(c23)C1. The van der Waals surface area contributed by atoms with Crippen LogP contribution in [0.15, 0.2) is 18.3 Å². The molecule has 1 amide bonds. The highest BCUT2D eigenvalue weighted by atomic mass is 16.1. The van der Waals surface area contributed by atoms with E-state index in [1.54, 1.807) is 6.92 Å². The maximum Gasteiger partial charge on any atom is 0.217 e. The van der Waals surface area contributed by atoms with Gasteiger partial charge < -0.3 is 16.0 Å². The van der Waals surface area contributed by atoms with Gasteiger partial charge in [0.15, 0.2) is 0 Å². The van der Waals surface area contributed by atoms with Crippen LogP contribution in [0.3, 0.4) is 0 Å². The third-order valence-corrected chi connectivity index (χ3v) is 3.40. The molecular formula is C13H15N3O. The zero-order chi connectivity index (χ0) is 12.0. The molecule has 0 radical (unpaired) electrons. The van der Waals surface area contributed by atoms with Crippen molar-refractivity contribution in [3.8, 4) is 0 Å². The van der Waals surface area contributed by atoms with E-state index in [1.165, 1.54) is 10.9 Å². The third kappa shape index (κ3) is 1.56. The average molecular weight is 229 g/mol. The normalized spacial score (nSPS) is 18.3. The van der Waals surface area contributed by atoms with Gasteiger partial charge in [0.2, 0.25) is 5.91 Å². The molecule has 1 aromatic carbocycles. The lowest BCUT2D eigenvalue weighted by Crippen LogP contribution is -2.38. The predicted molar refractivity (Wildman–Crippen MR) is 67.7 cm³/mol. The monoisotopic (exact) mass is 229 g/mol. The molecule has 0 aliphatic heterocycles. The number of benzene rings is 1. The van der Waals surface area contributed by atoms with Gasteiger partial charge in [-0.15, -0.1) is 0 Å². The molecule has 4 N–H and O–H groups in total. The highest BCUT2D eigenvalue weighted by Gasteiger charge is 2.23. The molecule has 0 bridgehead atoms. The lowest BCUT2D eigenvalue weighted by Gasteiger charge is -2.24. The summed E-state index contributed by atoms with van der Waals surface area (Å²) in [5.41, 5.74) is 10.4. The van der Waals surface area contributed by atoms with E-state index in [9.17, 15) is 4.79 Å². The Kier molecular flexibility index (Phi) is 2.11. The van der Waals surface area contributed by atoms with Crippen LogP contribution in [0.2, 0.25) is 0 Å². The molecule has 1 aromatic heterocycles. The molecule has 0 spiro atoms. The molecule has 17 heavy (non-hydrogen) atoms. The van der Waals surface area contributed by atoms with Crippen LogP contribution in [0, 0.1) is 0 Å². The van der Waals surface area contributed by atoms with Crippen molar-refractivity contribution in [1.29, 1.82) is 0 Å². The third-order valence-electron chi connectivity index (χ3n) is 3.40. The van der Waals surface area contributed by atoms with Crippen molar-refractivity contribution in [2.75, 3.05) is 5.73 Å². The minimum absolute atomic E-state index is 0.0136. The molecule has 0 saturated carbocycles. The largest absolute Gasteiger partial charge is 0.398 e. The van der Waals surface area contributed by atoms with Gasteiger partial charge in [-0.1, -0.05) is 0 Å². The van der Waals surface area contributed by atoms with E-state index >= 15 is 0 Å². The first-order valence-electron chi connectivity index (χ1n) is 5.79. The fraction of sp³-hybridized carbons (Fsp3) is 0.308. The molecule has 1 atom stereocenters. The highest BCUT2D eigenvalue weighted by molar-refractivity contribution is 5.91. The Morgan fingerprint density at radius 1 is 1.47 bits per heavy atom. The Morgan fingerprint density at radius 2 is 2.29 bits per heavy atom. The van der Waals surface area contributed by atoms with Gasteiger partial charge in [0.1, 0.15) is 0 Å². The summed E-state index contributed by atoms with van der Waals surface area (Å²) in [6.45, 7) is 1.55. The summed E-state index contributed by atoms with van der Waals surface area (Å²) >= 11 is 0. The maximum atomic E-state index is 11.1. The molecule has 3 rings (SSSR count). The van der Waals surface area contributed by atoms with Crippen LogP contribution in [-0.2, 0) is 17.6 Å². The minimum atomic E-state index is 0.0136. The van der Waals surface area contributed by atoms with Gasteiger partial charge in [0, 0.05) is 35.8 Å². The van der Waals surface area contributed by atoms with Crippen molar-refractivity contribution in [2.45, 2.75) is 25.8 Å². The number of nitrogens with one attached hydrogen (secondary N) is 2. The minimum Gasteiger partial charge on any atom is -0.398 e. The number of aromatic nitrogens is 1. The summed E-state index contributed by atoms with van der Waals surface area (Å²) in [6.07, 6.45) is 3.70. The number of aromatic amines is 1. The van der Waals surface area contributed by atoms with Crippen LogP contribution in [-0.4, -0.2) is 16.9 Å². The van der Waals surface area contributed by atoms with E-state index in [4.69, 9.17) is 5.73 Å². The fourth-order valence-electron chi connectivity index (χ4n) is 2.74. The Labute approximate surface area is 99.2 Å². The van der Waals surface area contributed by atoms with Gasteiger partial charge in [0.25, 0.3) is 0 Å². The first kappa shape index (κ1) is 10.2. The second-order valence-electron chi connectivity index (χ2n) is 4.68. The van der Waals surface area contributed by atoms with Crippen molar-refractivity contribution in [2.24, 2.45) is 0 Å². The maximum absolute atomic E-state index is 11.1. The molecule has 0 saturated heterocycles. The number of hydrogen-bond acceptors (Lipinski definition) is 2. The lowest BCUT2D eigenvalue weighted by atomic mass is 9.88. The molecule has 4 heteroatoms. The Bertz CT molecular complexity index is 600. The molecule has 1 aliphatic rings. The molecule has 1 heterocycles. The lowest BCUT2D eigenvalue weighted by molar-refractivity contribution is -0.119. The summed E-state index contributed by atoms with van der Waals surface area (Å²) in [4.78, 5) is 14.4. The van der Waals surface area contributed by atoms with Crippen molar-refractivity contribution < 1.29 is 4.79 Å². The van der Waals surface area contributed by atoms with Crippen LogP contribution < -0.4 is 11.1 Å². The van der Waals surface area contributed by atoms with Crippen molar-refractivity contribution in [3.05, 3.63) is 29.5 Å². The Morgan fingerprint density at radius 3 is 3.06 bits per heavy atom. The second kappa shape index (κ2) is 3.52. The molecule has 4 nitrogen and oxygen atoms in total.